The van der Waals surface area contributed by atoms with Gasteiger partial charge >= 0.3 is 0 Å². The minimum absolute atomic E-state index is 0. The number of fused-ring (bicyclic) bond motifs is 1. The predicted octanol–water partition coefficient (Wildman–Crippen LogP) is 2.94. The molecule has 0 fully saturated rings. The molecule has 0 aliphatic rings. The molecule has 7 nitrogen and oxygen atoms in total. The van der Waals surface area contributed by atoms with Crippen LogP contribution in [-0.4, -0.2) is 23.4 Å². The normalized spacial score (nSPS) is 11.3. The Kier molecular flexibility index (Phi) is 4.88. The molecule has 0 radical (unpaired) electrons. The zero-order valence-electron chi connectivity index (χ0n) is 14.0. The van der Waals surface area contributed by atoms with E-state index in [4.69, 9.17) is 10.9 Å². The highest BCUT2D eigenvalue weighted by Gasteiger charge is 2.14. The molecule has 138 valence electrons. The maximum absolute atomic E-state index is 11.5. The summed E-state index contributed by atoms with van der Waals surface area (Å²) >= 11 is 0. The first-order valence-electron chi connectivity index (χ1n) is 7.76. The van der Waals surface area contributed by atoms with E-state index in [1.165, 1.54) is 12.1 Å². The Balaban J connectivity index is 0.00000210. The van der Waals surface area contributed by atoms with E-state index in [-0.39, 0.29) is 17.3 Å². The van der Waals surface area contributed by atoms with Gasteiger partial charge in [0.15, 0.2) is 0 Å². The number of imidazole rings is 1. The number of benzene rings is 2. The largest absolute Gasteiger partial charge is 0.383 e. The number of pyridine rings is 1. The average Bonchev–Trinajstić information content (AvgIpc) is 3.05. The number of sulfonamides is 1. The van der Waals surface area contributed by atoms with E-state index >= 15 is 0 Å². The summed E-state index contributed by atoms with van der Waals surface area (Å²) in [5, 5.41) is 5.18. The Morgan fingerprint density at radius 3 is 2.41 bits per heavy atom. The van der Waals surface area contributed by atoms with Crippen LogP contribution in [0.25, 0.3) is 33.5 Å². The van der Waals surface area contributed by atoms with Gasteiger partial charge in [0, 0.05) is 11.8 Å². The lowest BCUT2D eigenvalue weighted by Crippen LogP contribution is -2.11. The summed E-state index contributed by atoms with van der Waals surface area (Å²) < 4.78 is 23.0. The van der Waals surface area contributed by atoms with Gasteiger partial charge in [-0.15, -0.1) is 12.4 Å². The van der Waals surface area contributed by atoms with E-state index < -0.39 is 10.0 Å². The van der Waals surface area contributed by atoms with Crippen molar-refractivity contribution in [1.29, 1.82) is 0 Å². The van der Waals surface area contributed by atoms with Gasteiger partial charge < -0.3 is 10.7 Å². The summed E-state index contributed by atoms with van der Waals surface area (Å²) in [6, 6.07) is 16.2. The van der Waals surface area contributed by atoms with Crippen LogP contribution in [0.5, 0.6) is 0 Å². The van der Waals surface area contributed by atoms with Crippen molar-refractivity contribution in [2.24, 2.45) is 5.14 Å². The lowest BCUT2D eigenvalue weighted by molar-refractivity contribution is 0.598. The molecule has 0 saturated carbocycles. The standard InChI is InChI=1S/C18H15N5O2S.ClH/c19-17-14(8-12(10-21-17)11-4-2-1-3-5-11)18-22-15-7-6-13(26(20,24)25)9-16(15)23-18;/h1-10H,(H2,19,21)(H,22,23)(H2,20,24,25);1H. The Labute approximate surface area is 161 Å². The number of anilines is 1. The number of aromatic amines is 1. The van der Waals surface area contributed by atoms with Gasteiger partial charge in [0.2, 0.25) is 10.0 Å². The van der Waals surface area contributed by atoms with Crippen molar-refractivity contribution in [3.63, 3.8) is 0 Å². The molecule has 4 aromatic rings. The number of nitrogen functional groups attached to an aromatic ring is 1. The van der Waals surface area contributed by atoms with E-state index in [0.717, 1.165) is 11.1 Å². The number of aromatic nitrogens is 3. The maximum Gasteiger partial charge on any atom is 0.238 e. The van der Waals surface area contributed by atoms with Crippen LogP contribution in [0.1, 0.15) is 0 Å². The van der Waals surface area contributed by atoms with Crippen molar-refractivity contribution < 1.29 is 8.42 Å². The predicted molar refractivity (Wildman–Crippen MR) is 108 cm³/mol. The summed E-state index contributed by atoms with van der Waals surface area (Å²) in [5.41, 5.74) is 9.74. The molecule has 0 unspecified atom stereocenters. The zero-order valence-corrected chi connectivity index (χ0v) is 15.6. The van der Waals surface area contributed by atoms with Gasteiger partial charge in [-0.25, -0.2) is 23.5 Å². The quantitative estimate of drug-likeness (QED) is 0.486. The van der Waals surface area contributed by atoms with E-state index in [1.54, 1.807) is 12.3 Å². The number of nitrogens with one attached hydrogen (secondary N) is 1. The third kappa shape index (κ3) is 3.63. The third-order valence-electron chi connectivity index (χ3n) is 4.06. The molecule has 0 spiro atoms. The molecule has 0 aliphatic carbocycles. The zero-order chi connectivity index (χ0) is 18.3. The van der Waals surface area contributed by atoms with Crippen LogP contribution >= 0.6 is 12.4 Å². The first-order chi connectivity index (χ1) is 12.4. The van der Waals surface area contributed by atoms with Crippen LogP contribution in [-0.2, 0) is 10.0 Å². The van der Waals surface area contributed by atoms with Crippen LogP contribution in [0, 0.1) is 0 Å². The van der Waals surface area contributed by atoms with Crippen LogP contribution in [0.2, 0.25) is 0 Å². The Morgan fingerprint density at radius 1 is 0.963 bits per heavy atom. The number of nitrogens with zero attached hydrogens (tertiary/aromatic N) is 2. The highest BCUT2D eigenvalue weighted by molar-refractivity contribution is 7.89. The fourth-order valence-corrected chi connectivity index (χ4v) is 3.29. The molecule has 2 aromatic carbocycles. The SMILES string of the molecule is Cl.Nc1ncc(-c2ccccc2)cc1-c1nc2ccc(S(N)(=O)=O)cc2[nH]1. The number of nitrogens with two attached hydrogens (primary N) is 2. The van der Waals surface area contributed by atoms with Crippen molar-refractivity contribution in [3.8, 4) is 22.5 Å². The number of halogens is 1. The Morgan fingerprint density at radius 2 is 1.70 bits per heavy atom. The van der Waals surface area contributed by atoms with Crippen molar-refractivity contribution in [2.75, 3.05) is 5.73 Å². The van der Waals surface area contributed by atoms with Gasteiger partial charge in [0.25, 0.3) is 0 Å². The highest BCUT2D eigenvalue weighted by Crippen LogP contribution is 2.29. The summed E-state index contributed by atoms with van der Waals surface area (Å²) in [4.78, 5) is 11.9. The molecule has 2 aromatic heterocycles. The minimum Gasteiger partial charge on any atom is -0.383 e. The first kappa shape index (κ1) is 18.8. The van der Waals surface area contributed by atoms with Gasteiger partial charge in [0.1, 0.15) is 11.6 Å². The minimum atomic E-state index is -3.79. The van der Waals surface area contributed by atoms with Gasteiger partial charge in [-0.1, -0.05) is 30.3 Å². The number of hydrogen-bond acceptors (Lipinski definition) is 5. The van der Waals surface area contributed by atoms with Crippen molar-refractivity contribution in [3.05, 3.63) is 60.8 Å². The fraction of sp³-hybridized carbons (Fsp3) is 0. The van der Waals surface area contributed by atoms with Crippen LogP contribution in [0.15, 0.2) is 65.7 Å². The van der Waals surface area contributed by atoms with Crippen LogP contribution in [0.3, 0.4) is 0 Å². The third-order valence-corrected chi connectivity index (χ3v) is 4.97. The smallest absolute Gasteiger partial charge is 0.238 e. The van der Waals surface area contributed by atoms with Gasteiger partial charge in [-0.3, -0.25) is 0 Å². The number of primary sulfonamides is 1. The van der Waals surface area contributed by atoms with Crippen LogP contribution in [0.4, 0.5) is 5.82 Å². The van der Waals surface area contributed by atoms with Crippen molar-refractivity contribution in [1.82, 2.24) is 15.0 Å². The molecule has 0 aliphatic heterocycles. The molecule has 4 rings (SSSR count). The maximum atomic E-state index is 11.5. The molecule has 0 saturated heterocycles. The molecule has 0 bridgehead atoms. The molecule has 2 heterocycles. The summed E-state index contributed by atoms with van der Waals surface area (Å²) in [6.45, 7) is 0. The lowest BCUT2D eigenvalue weighted by atomic mass is 10.1. The number of hydrogen-bond donors (Lipinski definition) is 3. The summed E-state index contributed by atoms with van der Waals surface area (Å²) in [7, 11) is -3.79. The molecule has 9 heteroatoms. The second-order valence-corrected chi connectivity index (χ2v) is 7.39. The summed E-state index contributed by atoms with van der Waals surface area (Å²) in [6.07, 6.45) is 1.70. The highest BCUT2D eigenvalue weighted by atomic mass is 35.5. The van der Waals surface area contributed by atoms with Crippen molar-refractivity contribution in [2.45, 2.75) is 4.90 Å². The van der Waals surface area contributed by atoms with Gasteiger partial charge in [0.05, 0.1) is 21.5 Å². The molecular weight excluding hydrogens is 386 g/mol. The summed E-state index contributed by atoms with van der Waals surface area (Å²) in [5.74, 6) is 0.838. The van der Waals surface area contributed by atoms with E-state index in [9.17, 15) is 8.42 Å². The molecular formula is C18H16ClN5O2S. The molecule has 27 heavy (non-hydrogen) atoms. The average molecular weight is 402 g/mol. The molecule has 0 amide bonds. The topological polar surface area (TPSA) is 128 Å². The van der Waals surface area contributed by atoms with Gasteiger partial charge in [-0.05, 0) is 29.8 Å². The fourth-order valence-electron chi connectivity index (χ4n) is 2.75. The second kappa shape index (κ2) is 6.99. The Hall–Kier alpha value is -2.94. The van der Waals surface area contributed by atoms with Gasteiger partial charge in [-0.2, -0.15) is 0 Å². The van der Waals surface area contributed by atoms with E-state index in [0.29, 0.717) is 28.2 Å². The lowest BCUT2D eigenvalue weighted by Gasteiger charge is -2.06. The van der Waals surface area contributed by atoms with Crippen molar-refractivity contribution >= 4 is 39.3 Å². The van der Waals surface area contributed by atoms with E-state index in [2.05, 4.69) is 15.0 Å². The molecule has 5 N–H and O–H groups in total. The number of H-pyrrole nitrogens is 1. The second-order valence-electron chi connectivity index (χ2n) is 5.83. The Bertz CT molecular complexity index is 1220. The van der Waals surface area contributed by atoms with E-state index in [1.807, 2.05) is 36.4 Å². The molecule has 0 atom stereocenters. The first-order valence-corrected chi connectivity index (χ1v) is 9.30. The monoisotopic (exact) mass is 401 g/mol. The van der Waals surface area contributed by atoms with Crippen LogP contribution < -0.4 is 10.9 Å². The number of rotatable bonds is 3.